The fourth-order valence-electron chi connectivity index (χ4n) is 3.04. The van der Waals surface area contributed by atoms with E-state index in [4.69, 9.17) is 9.15 Å². The van der Waals surface area contributed by atoms with Gasteiger partial charge in [-0.15, -0.1) is 11.8 Å². The van der Waals surface area contributed by atoms with E-state index in [0.29, 0.717) is 12.3 Å². The van der Waals surface area contributed by atoms with Crippen molar-refractivity contribution in [2.75, 3.05) is 18.2 Å². The van der Waals surface area contributed by atoms with Gasteiger partial charge in [0.05, 0.1) is 7.11 Å². The third-order valence-electron chi connectivity index (χ3n) is 4.56. The fourth-order valence-corrected chi connectivity index (χ4v) is 3.90. The molecule has 0 aliphatic carbocycles. The van der Waals surface area contributed by atoms with Crippen LogP contribution in [0.5, 0.6) is 5.75 Å². The smallest absolute Gasteiger partial charge is 0.227 e. The van der Waals surface area contributed by atoms with Gasteiger partial charge in [-0.3, -0.25) is 4.79 Å². The van der Waals surface area contributed by atoms with E-state index in [1.54, 1.807) is 18.9 Å². The van der Waals surface area contributed by atoms with Crippen LogP contribution in [0.1, 0.15) is 12.8 Å². The Hall–Kier alpha value is -3.25. The number of carbonyl (C=O) groups is 1. The molecule has 0 bridgehead atoms. The molecule has 0 fully saturated rings. The molecule has 0 unspecified atom stereocenters. The van der Waals surface area contributed by atoms with Gasteiger partial charge in [-0.2, -0.15) is 0 Å². The minimum Gasteiger partial charge on any atom is -0.497 e. The summed E-state index contributed by atoms with van der Waals surface area (Å²) in [5.41, 5.74) is 3.13. The molecule has 5 nitrogen and oxygen atoms in total. The maximum Gasteiger partial charge on any atom is 0.227 e. The van der Waals surface area contributed by atoms with E-state index in [-0.39, 0.29) is 5.91 Å². The summed E-state index contributed by atoms with van der Waals surface area (Å²) in [4.78, 5) is 18.0. The number of aromatic nitrogens is 1. The third kappa shape index (κ3) is 5.02. The molecule has 3 aromatic carbocycles. The lowest BCUT2D eigenvalue weighted by molar-refractivity contribution is -0.116. The molecular weight excluding hydrogens is 396 g/mol. The van der Waals surface area contributed by atoms with Gasteiger partial charge in [-0.05, 0) is 66.8 Å². The van der Waals surface area contributed by atoms with Crippen molar-refractivity contribution in [3.8, 4) is 17.2 Å². The Labute approximate surface area is 179 Å². The number of benzene rings is 3. The van der Waals surface area contributed by atoms with Crippen molar-refractivity contribution in [3.63, 3.8) is 0 Å². The van der Waals surface area contributed by atoms with Crippen LogP contribution in [-0.2, 0) is 4.79 Å². The van der Waals surface area contributed by atoms with E-state index < -0.39 is 0 Å². The Kier molecular flexibility index (Phi) is 6.35. The molecule has 0 aliphatic rings. The average molecular weight is 419 g/mol. The molecule has 1 heterocycles. The fraction of sp³-hybridized carbons (Fsp3) is 0.167. The highest BCUT2D eigenvalue weighted by Crippen LogP contribution is 2.26. The SMILES string of the molecule is COc1ccc(SCCCC(=O)Nc2cccc(-c3nc4ccccc4o3)c2)cc1. The van der Waals surface area contributed by atoms with Gasteiger partial charge in [0.25, 0.3) is 0 Å². The summed E-state index contributed by atoms with van der Waals surface area (Å²) in [7, 11) is 1.66. The first-order valence-corrected chi connectivity index (χ1v) is 10.7. The second-order valence-electron chi connectivity index (χ2n) is 6.74. The largest absolute Gasteiger partial charge is 0.497 e. The Bertz CT molecular complexity index is 1110. The van der Waals surface area contributed by atoms with Gasteiger partial charge >= 0.3 is 0 Å². The second-order valence-corrected chi connectivity index (χ2v) is 7.91. The van der Waals surface area contributed by atoms with Crippen molar-refractivity contribution < 1.29 is 13.9 Å². The van der Waals surface area contributed by atoms with Crippen LogP contribution in [0.15, 0.2) is 82.1 Å². The molecule has 0 radical (unpaired) electrons. The quantitative estimate of drug-likeness (QED) is 0.280. The number of hydrogen-bond acceptors (Lipinski definition) is 5. The van der Waals surface area contributed by atoms with E-state index >= 15 is 0 Å². The predicted molar refractivity (Wildman–Crippen MR) is 121 cm³/mol. The second kappa shape index (κ2) is 9.50. The van der Waals surface area contributed by atoms with Gasteiger partial charge < -0.3 is 14.5 Å². The third-order valence-corrected chi connectivity index (χ3v) is 5.66. The normalized spacial score (nSPS) is 10.8. The number of anilines is 1. The number of thioether (sulfide) groups is 1. The molecule has 0 aliphatic heterocycles. The van der Waals surface area contributed by atoms with Crippen LogP contribution in [0.4, 0.5) is 5.69 Å². The Morgan fingerprint density at radius 2 is 1.90 bits per heavy atom. The zero-order valence-electron chi connectivity index (χ0n) is 16.6. The number of nitrogens with one attached hydrogen (secondary N) is 1. The van der Waals surface area contributed by atoms with Crippen LogP contribution in [0.25, 0.3) is 22.6 Å². The van der Waals surface area contributed by atoms with Crippen LogP contribution >= 0.6 is 11.8 Å². The average Bonchev–Trinajstić information content (AvgIpc) is 3.22. The van der Waals surface area contributed by atoms with E-state index in [2.05, 4.69) is 10.3 Å². The highest BCUT2D eigenvalue weighted by Gasteiger charge is 2.09. The van der Waals surface area contributed by atoms with Crippen LogP contribution in [0, 0.1) is 0 Å². The summed E-state index contributed by atoms with van der Waals surface area (Å²) in [5.74, 6) is 2.27. The van der Waals surface area contributed by atoms with Crippen molar-refractivity contribution in [2.45, 2.75) is 17.7 Å². The van der Waals surface area contributed by atoms with Gasteiger partial charge in [0.15, 0.2) is 5.58 Å². The zero-order chi connectivity index (χ0) is 20.8. The summed E-state index contributed by atoms with van der Waals surface area (Å²) >= 11 is 1.73. The molecule has 1 N–H and O–H groups in total. The number of amides is 1. The molecular formula is C24H22N2O3S. The summed E-state index contributed by atoms with van der Waals surface area (Å²) < 4.78 is 11.0. The van der Waals surface area contributed by atoms with E-state index in [1.807, 2.05) is 72.8 Å². The molecule has 4 rings (SSSR count). The zero-order valence-corrected chi connectivity index (χ0v) is 17.4. The monoisotopic (exact) mass is 418 g/mol. The maximum absolute atomic E-state index is 12.3. The number of nitrogens with zero attached hydrogens (tertiary/aromatic N) is 1. The molecule has 0 atom stereocenters. The number of fused-ring (bicyclic) bond motifs is 1. The van der Waals surface area contributed by atoms with Crippen LogP contribution < -0.4 is 10.1 Å². The number of para-hydroxylation sites is 2. The molecule has 1 amide bonds. The van der Waals surface area contributed by atoms with Crippen molar-refractivity contribution in [1.29, 1.82) is 0 Å². The first kappa shape index (κ1) is 20.0. The predicted octanol–water partition coefficient (Wildman–Crippen LogP) is 6.01. The molecule has 0 spiro atoms. The van der Waals surface area contributed by atoms with E-state index in [0.717, 1.165) is 40.3 Å². The van der Waals surface area contributed by atoms with Crippen molar-refractivity contribution in [3.05, 3.63) is 72.8 Å². The first-order chi connectivity index (χ1) is 14.7. The minimum atomic E-state index is 0.0000427. The standard InChI is InChI=1S/C24H22N2O3S/c1-28-19-11-13-20(14-12-19)30-15-5-10-23(27)25-18-7-4-6-17(16-18)24-26-21-8-2-3-9-22(21)29-24/h2-4,6-9,11-14,16H,5,10,15H2,1H3,(H,25,27). The highest BCUT2D eigenvalue weighted by molar-refractivity contribution is 7.99. The minimum absolute atomic E-state index is 0.0000427. The van der Waals surface area contributed by atoms with Crippen LogP contribution in [-0.4, -0.2) is 23.8 Å². The number of oxazole rings is 1. The Morgan fingerprint density at radius 1 is 1.07 bits per heavy atom. The topological polar surface area (TPSA) is 64.4 Å². The molecule has 4 aromatic rings. The number of carbonyl (C=O) groups excluding carboxylic acids is 1. The lowest BCUT2D eigenvalue weighted by Crippen LogP contribution is -2.11. The number of hydrogen-bond donors (Lipinski definition) is 1. The molecule has 6 heteroatoms. The van der Waals surface area contributed by atoms with Gasteiger partial charge in [-0.1, -0.05) is 18.2 Å². The molecule has 0 saturated heterocycles. The van der Waals surface area contributed by atoms with Crippen LogP contribution in [0.2, 0.25) is 0 Å². The first-order valence-electron chi connectivity index (χ1n) is 9.74. The molecule has 152 valence electrons. The summed E-state index contributed by atoms with van der Waals surface area (Å²) in [6.45, 7) is 0. The lowest BCUT2D eigenvalue weighted by atomic mass is 10.2. The Balaban J connectivity index is 1.29. The summed E-state index contributed by atoms with van der Waals surface area (Å²) in [6.07, 6.45) is 1.27. The van der Waals surface area contributed by atoms with Gasteiger partial charge in [-0.25, -0.2) is 4.98 Å². The van der Waals surface area contributed by atoms with E-state index in [9.17, 15) is 4.79 Å². The van der Waals surface area contributed by atoms with Gasteiger partial charge in [0.1, 0.15) is 11.3 Å². The molecule has 30 heavy (non-hydrogen) atoms. The Morgan fingerprint density at radius 3 is 2.70 bits per heavy atom. The highest BCUT2D eigenvalue weighted by atomic mass is 32.2. The van der Waals surface area contributed by atoms with Gasteiger partial charge in [0, 0.05) is 22.6 Å². The summed E-state index contributed by atoms with van der Waals surface area (Å²) in [6, 6.07) is 23.2. The summed E-state index contributed by atoms with van der Waals surface area (Å²) in [5, 5.41) is 2.97. The van der Waals surface area contributed by atoms with Gasteiger partial charge in [0.2, 0.25) is 11.8 Å². The van der Waals surface area contributed by atoms with Crippen LogP contribution in [0.3, 0.4) is 0 Å². The molecule has 0 saturated carbocycles. The number of rotatable bonds is 8. The molecule has 1 aromatic heterocycles. The van der Waals surface area contributed by atoms with Crippen molar-refractivity contribution >= 4 is 34.5 Å². The lowest BCUT2D eigenvalue weighted by Gasteiger charge is -2.07. The number of ether oxygens (including phenoxy) is 1. The maximum atomic E-state index is 12.3. The van der Waals surface area contributed by atoms with Crippen molar-refractivity contribution in [1.82, 2.24) is 4.98 Å². The van der Waals surface area contributed by atoms with Crippen molar-refractivity contribution in [2.24, 2.45) is 0 Å². The van der Waals surface area contributed by atoms with E-state index in [1.165, 1.54) is 4.90 Å². The number of methoxy groups -OCH3 is 1.